The third-order valence-corrected chi connectivity index (χ3v) is 3.80. The molecule has 1 aromatic heterocycles. The predicted octanol–water partition coefficient (Wildman–Crippen LogP) is 1.35. The number of nitrogen functional groups attached to an aromatic ring is 1. The van der Waals surface area contributed by atoms with Crippen LogP contribution in [0, 0.1) is 0 Å². The molecule has 5 nitrogen and oxygen atoms in total. The second kappa shape index (κ2) is 5.18. The van der Waals surface area contributed by atoms with Crippen molar-refractivity contribution in [3.8, 4) is 0 Å². The van der Waals surface area contributed by atoms with Crippen molar-refractivity contribution in [1.29, 1.82) is 0 Å². The summed E-state index contributed by atoms with van der Waals surface area (Å²) in [5.74, 6) is 1.24. The van der Waals surface area contributed by atoms with Gasteiger partial charge in [0.25, 0.3) is 0 Å². The van der Waals surface area contributed by atoms with Gasteiger partial charge in [0.05, 0.1) is 4.47 Å². The van der Waals surface area contributed by atoms with E-state index < -0.39 is 0 Å². The quantitative estimate of drug-likeness (QED) is 0.893. The lowest BCUT2D eigenvalue weighted by molar-refractivity contribution is 0.249. The topological polar surface area (TPSA) is 58.3 Å². The Hall–Kier alpha value is -0.880. The van der Waals surface area contributed by atoms with E-state index in [1.165, 1.54) is 0 Å². The van der Waals surface area contributed by atoms with Crippen molar-refractivity contribution in [2.75, 3.05) is 37.8 Å². The Bertz CT molecular complexity index is 387. The average molecular weight is 300 g/mol. The molecule has 2 heterocycles. The molecule has 17 heavy (non-hydrogen) atoms. The van der Waals surface area contributed by atoms with Crippen LogP contribution in [-0.2, 0) is 0 Å². The number of aromatic nitrogens is 2. The molecule has 0 saturated carbocycles. The van der Waals surface area contributed by atoms with Gasteiger partial charge < -0.3 is 15.5 Å². The van der Waals surface area contributed by atoms with Crippen LogP contribution < -0.4 is 10.6 Å². The third-order valence-electron chi connectivity index (χ3n) is 3.24. The first-order valence-electron chi connectivity index (χ1n) is 5.77. The molecule has 0 aliphatic carbocycles. The molecule has 6 heteroatoms. The number of nitrogens with zero attached hydrogens (tertiary/aromatic N) is 4. The second-order valence-electron chi connectivity index (χ2n) is 4.58. The van der Waals surface area contributed by atoms with Crippen molar-refractivity contribution < 1.29 is 0 Å². The lowest BCUT2D eigenvalue weighted by Crippen LogP contribution is -2.42. The zero-order chi connectivity index (χ0) is 12.4. The lowest BCUT2D eigenvalue weighted by atomic mass is 10.0. The summed E-state index contributed by atoms with van der Waals surface area (Å²) in [7, 11) is 4.28. The van der Waals surface area contributed by atoms with Crippen LogP contribution in [0.4, 0.5) is 11.8 Å². The van der Waals surface area contributed by atoms with Crippen LogP contribution in [0.1, 0.15) is 12.8 Å². The largest absolute Gasteiger partial charge is 0.368 e. The number of rotatable bonds is 2. The van der Waals surface area contributed by atoms with Gasteiger partial charge in [0.2, 0.25) is 5.95 Å². The smallest absolute Gasteiger partial charge is 0.222 e. The molecule has 2 rings (SSSR count). The van der Waals surface area contributed by atoms with Crippen molar-refractivity contribution in [3.63, 3.8) is 0 Å². The highest BCUT2D eigenvalue weighted by Crippen LogP contribution is 2.27. The fraction of sp³-hybridized carbons (Fsp3) is 0.636. The molecule has 0 spiro atoms. The minimum atomic E-state index is 0.331. The van der Waals surface area contributed by atoms with Gasteiger partial charge in [-0.3, -0.25) is 0 Å². The summed E-state index contributed by atoms with van der Waals surface area (Å²) >= 11 is 3.48. The second-order valence-corrected chi connectivity index (χ2v) is 5.44. The van der Waals surface area contributed by atoms with Crippen LogP contribution in [0.3, 0.4) is 0 Å². The Kier molecular flexibility index (Phi) is 3.83. The van der Waals surface area contributed by atoms with Gasteiger partial charge in [0.1, 0.15) is 5.82 Å². The van der Waals surface area contributed by atoms with E-state index in [9.17, 15) is 0 Å². The molecule has 0 unspecified atom stereocenters. The minimum absolute atomic E-state index is 0.331. The average Bonchev–Trinajstić information content (AvgIpc) is 2.32. The highest BCUT2D eigenvalue weighted by atomic mass is 79.9. The van der Waals surface area contributed by atoms with Crippen molar-refractivity contribution in [2.45, 2.75) is 18.9 Å². The van der Waals surface area contributed by atoms with Gasteiger partial charge in [-0.2, -0.15) is 4.98 Å². The van der Waals surface area contributed by atoms with Crippen LogP contribution in [-0.4, -0.2) is 48.1 Å². The molecule has 0 bridgehead atoms. The Labute approximate surface area is 110 Å². The first-order valence-corrected chi connectivity index (χ1v) is 6.56. The van der Waals surface area contributed by atoms with Gasteiger partial charge in [-0.15, -0.1) is 0 Å². The van der Waals surface area contributed by atoms with E-state index in [0.29, 0.717) is 12.0 Å². The summed E-state index contributed by atoms with van der Waals surface area (Å²) in [5.41, 5.74) is 5.63. The molecule has 0 atom stereocenters. The van der Waals surface area contributed by atoms with Crippen LogP contribution in [0.15, 0.2) is 10.7 Å². The molecule has 0 aromatic carbocycles. The Balaban J connectivity index is 2.07. The molecule has 1 aromatic rings. The molecule has 1 aliphatic heterocycles. The summed E-state index contributed by atoms with van der Waals surface area (Å²) in [6.45, 7) is 2.02. The standard InChI is InChI=1S/C11H18BrN5/c1-16(2)8-3-5-17(6-4-8)10-9(12)7-14-11(13)15-10/h7-8H,3-6H2,1-2H3,(H2,13,14,15). The maximum atomic E-state index is 5.63. The van der Waals surface area contributed by atoms with Crippen molar-refractivity contribution in [1.82, 2.24) is 14.9 Å². The van der Waals surface area contributed by atoms with E-state index in [1.807, 2.05) is 0 Å². The highest BCUT2D eigenvalue weighted by Gasteiger charge is 2.22. The fourth-order valence-electron chi connectivity index (χ4n) is 2.19. The van der Waals surface area contributed by atoms with E-state index in [-0.39, 0.29) is 0 Å². The predicted molar refractivity (Wildman–Crippen MR) is 73.1 cm³/mol. The number of anilines is 2. The van der Waals surface area contributed by atoms with Gasteiger partial charge in [-0.05, 0) is 42.9 Å². The normalized spacial score (nSPS) is 17.8. The summed E-state index contributed by atoms with van der Waals surface area (Å²) in [4.78, 5) is 12.8. The van der Waals surface area contributed by atoms with Gasteiger partial charge in [-0.1, -0.05) is 0 Å². The van der Waals surface area contributed by atoms with E-state index in [4.69, 9.17) is 5.73 Å². The lowest BCUT2D eigenvalue weighted by Gasteiger charge is -2.36. The summed E-state index contributed by atoms with van der Waals surface area (Å²) in [5, 5.41) is 0. The summed E-state index contributed by atoms with van der Waals surface area (Å²) in [6.07, 6.45) is 4.03. The van der Waals surface area contributed by atoms with Gasteiger partial charge in [-0.25, -0.2) is 4.98 Å². The van der Waals surface area contributed by atoms with Crippen molar-refractivity contribution in [3.05, 3.63) is 10.7 Å². The maximum Gasteiger partial charge on any atom is 0.222 e. The molecule has 0 amide bonds. The Morgan fingerprint density at radius 2 is 2.06 bits per heavy atom. The molecule has 94 valence electrons. The van der Waals surface area contributed by atoms with Gasteiger partial charge in [0, 0.05) is 25.3 Å². The summed E-state index contributed by atoms with van der Waals surface area (Å²) in [6, 6.07) is 0.671. The molecule has 2 N–H and O–H groups in total. The first kappa shape index (κ1) is 12.6. The number of hydrogen-bond acceptors (Lipinski definition) is 5. The first-order chi connectivity index (χ1) is 8.08. The Morgan fingerprint density at radius 3 is 2.65 bits per heavy atom. The Morgan fingerprint density at radius 1 is 1.41 bits per heavy atom. The highest BCUT2D eigenvalue weighted by molar-refractivity contribution is 9.10. The molecular formula is C11H18BrN5. The molecular weight excluding hydrogens is 282 g/mol. The number of halogens is 1. The number of nitrogens with two attached hydrogens (primary N) is 1. The van der Waals surface area contributed by atoms with E-state index >= 15 is 0 Å². The maximum absolute atomic E-state index is 5.63. The summed E-state index contributed by atoms with van der Waals surface area (Å²) < 4.78 is 0.912. The van der Waals surface area contributed by atoms with Crippen LogP contribution in [0.25, 0.3) is 0 Å². The van der Waals surface area contributed by atoms with Crippen LogP contribution in [0.2, 0.25) is 0 Å². The van der Waals surface area contributed by atoms with Crippen molar-refractivity contribution in [2.24, 2.45) is 0 Å². The SMILES string of the molecule is CN(C)C1CCN(c2nc(N)ncc2Br)CC1. The van der Waals surface area contributed by atoms with E-state index in [0.717, 1.165) is 36.2 Å². The molecule has 0 radical (unpaired) electrons. The number of hydrogen-bond donors (Lipinski definition) is 1. The minimum Gasteiger partial charge on any atom is -0.368 e. The fourth-order valence-corrected chi connectivity index (χ4v) is 2.63. The monoisotopic (exact) mass is 299 g/mol. The zero-order valence-corrected chi connectivity index (χ0v) is 11.8. The van der Waals surface area contributed by atoms with E-state index in [1.54, 1.807) is 6.20 Å². The van der Waals surface area contributed by atoms with Gasteiger partial charge >= 0.3 is 0 Å². The molecule has 1 fully saturated rings. The zero-order valence-electron chi connectivity index (χ0n) is 10.2. The van der Waals surface area contributed by atoms with Crippen LogP contribution >= 0.6 is 15.9 Å². The van der Waals surface area contributed by atoms with Gasteiger partial charge in [0.15, 0.2) is 0 Å². The number of piperidine rings is 1. The van der Waals surface area contributed by atoms with Crippen molar-refractivity contribution >= 4 is 27.7 Å². The molecule has 1 saturated heterocycles. The molecule has 1 aliphatic rings. The van der Waals surface area contributed by atoms with E-state index in [2.05, 4.69) is 49.8 Å². The third kappa shape index (κ3) is 2.87. The van der Waals surface area contributed by atoms with Crippen LogP contribution in [0.5, 0.6) is 0 Å².